The molecule has 0 spiro atoms. The normalized spacial score (nSPS) is 17.3. The molecule has 0 aromatic carbocycles. The van der Waals surface area contributed by atoms with Gasteiger partial charge in [-0.1, -0.05) is 5.16 Å². The average Bonchev–Trinajstić information content (AvgIpc) is 2.48. The Morgan fingerprint density at radius 1 is 1.40 bits per heavy atom. The van der Waals surface area contributed by atoms with E-state index in [0.29, 0.717) is 12.5 Å². The van der Waals surface area contributed by atoms with E-state index >= 15 is 0 Å². The van der Waals surface area contributed by atoms with Gasteiger partial charge in [-0.25, -0.2) is 4.98 Å². The SMILES string of the molecule is CN(C)c1nccc(N2CCN(CC(N)=NO)CC2)n1. The van der Waals surface area contributed by atoms with Crippen LogP contribution in [0.5, 0.6) is 0 Å². The number of hydrogen-bond acceptors (Lipinski definition) is 7. The molecule has 1 aromatic heterocycles. The van der Waals surface area contributed by atoms with E-state index in [-0.39, 0.29) is 5.84 Å². The summed E-state index contributed by atoms with van der Waals surface area (Å²) in [5.41, 5.74) is 5.52. The monoisotopic (exact) mass is 279 g/mol. The van der Waals surface area contributed by atoms with Crippen molar-refractivity contribution in [3.63, 3.8) is 0 Å². The summed E-state index contributed by atoms with van der Waals surface area (Å²) in [5.74, 6) is 1.89. The number of aromatic nitrogens is 2. The Morgan fingerprint density at radius 2 is 2.10 bits per heavy atom. The number of hydrogen-bond donors (Lipinski definition) is 2. The van der Waals surface area contributed by atoms with Crippen LogP contribution in [0, 0.1) is 0 Å². The van der Waals surface area contributed by atoms with E-state index in [1.165, 1.54) is 0 Å². The molecule has 1 aromatic rings. The molecule has 2 rings (SSSR count). The quantitative estimate of drug-likeness (QED) is 0.329. The van der Waals surface area contributed by atoms with Crippen LogP contribution in [0.1, 0.15) is 0 Å². The molecule has 110 valence electrons. The third-order valence-corrected chi connectivity index (χ3v) is 3.24. The number of amidine groups is 1. The second-order valence-corrected chi connectivity index (χ2v) is 4.96. The third kappa shape index (κ3) is 3.47. The molecule has 0 amide bonds. The van der Waals surface area contributed by atoms with E-state index in [4.69, 9.17) is 10.9 Å². The molecule has 0 aliphatic carbocycles. The first-order valence-electron chi connectivity index (χ1n) is 6.54. The highest BCUT2D eigenvalue weighted by Gasteiger charge is 2.19. The van der Waals surface area contributed by atoms with Gasteiger partial charge < -0.3 is 20.7 Å². The molecule has 2 heterocycles. The maximum Gasteiger partial charge on any atom is 0.226 e. The van der Waals surface area contributed by atoms with Gasteiger partial charge in [0.05, 0.1) is 6.54 Å². The molecule has 0 bridgehead atoms. The lowest BCUT2D eigenvalue weighted by atomic mass is 10.3. The van der Waals surface area contributed by atoms with Crippen LogP contribution in [0.4, 0.5) is 11.8 Å². The van der Waals surface area contributed by atoms with Gasteiger partial charge in [-0.3, -0.25) is 4.90 Å². The van der Waals surface area contributed by atoms with Crippen LogP contribution in [-0.2, 0) is 0 Å². The van der Waals surface area contributed by atoms with E-state index in [1.807, 2.05) is 25.1 Å². The molecule has 1 saturated heterocycles. The Balaban J connectivity index is 1.95. The highest BCUT2D eigenvalue weighted by Crippen LogP contribution is 2.15. The Hall–Kier alpha value is -2.09. The predicted molar refractivity (Wildman–Crippen MR) is 78.4 cm³/mol. The van der Waals surface area contributed by atoms with Crippen molar-refractivity contribution < 1.29 is 5.21 Å². The number of nitrogens with zero attached hydrogens (tertiary/aromatic N) is 6. The zero-order chi connectivity index (χ0) is 14.5. The summed E-state index contributed by atoms with van der Waals surface area (Å²) >= 11 is 0. The van der Waals surface area contributed by atoms with E-state index < -0.39 is 0 Å². The Morgan fingerprint density at radius 3 is 2.70 bits per heavy atom. The molecular formula is C12H21N7O. The first-order valence-corrected chi connectivity index (χ1v) is 6.54. The second-order valence-electron chi connectivity index (χ2n) is 4.96. The van der Waals surface area contributed by atoms with E-state index in [0.717, 1.165) is 32.0 Å². The predicted octanol–water partition coefficient (Wildman–Crippen LogP) is -0.589. The molecule has 1 fully saturated rings. The van der Waals surface area contributed by atoms with Crippen LogP contribution >= 0.6 is 0 Å². The zero-order valence-electron chi connectivity index (χ0n) is 11.9. The summed E-state index contributed by atoms with van der Waals surface area (Å²) in [6.45, 7) is 3.94. The van der Waals surface area contributed by atoms with Crippen LogP contribution in [0.15, 0.2) is 17.4 Å². The fraction of sp³-hybridized carbons (Fsp3) is 0.583. The Bertz CT molecular complexity index is 469. The minimum Gasteiger partial charge on any atom is -0.409 e. The van der Waals surface area contributed by atoms with Crippen molar-refractivity contribution in [2.75, 3.05) is 56.6 Å². The van der Waals surface area contributed by atoms with Crippen molar-refractivity contribution in [3.8, 4) is 0 Å². The van der Waals surface area contributed by atoms with Crippen LogP contribution in [0.25, 0.3) is 0 Å². The summed E-state index contributed by atoms with van der Waals surface area (Å²) in [6, 6.07) is 1.92. The van der Waals surface area contributed by atoms with Gasteiger partial charge in [0.15, 0.2) is 5.84 Å². The van der Waals surface area contributed by atoms with Crippen LogP contribution in [-0.4, -0.2) is 72.7 Å². The van der Waals surface area contributed by atoms with Gasteiger partial charge in [0.2, 0.25) is 5.95 Å². The number of nitrogens with two attached hydrogens (primary N) is 1. The van der Waals surface area contributed by atoms with Crippen LogP contribution < -0.4 is 15.5 Å². The first kappa shape index (κ1) is 14.3. The minimum atomic E-state index is 0.246. The lowest BCUT2D eigenvalue weighted by Gasteiger charge is -2.35. The number of oxime groups is 1. The Labute approximate surface area is 118 Å². The van der Waals surface area contributed by atoms with Gasteiger partial charge in [0.1, 0.15) is 5.82 Å². The molecule has 0 saturated carbocycles. The number of piperazine rings is 1. The van der Waals surface area contributed by atoms with Gasteiger partial charge in [0, 0.05) is 46.5 Å². The maximum absolute atomic E-state index is 8.58. The van der Waals surface area contributed by atoms with Crippen molar-refractivity contribution in [1.29, 1.82) is 0 Å². The van der Waals surface area contributed by atoms with E-state index in [9.17, 15) is 0 Å². The summed E-state index contributed by atoms with van der Waals surface area (Å²) in [5, 5.41) is 11.6. The van der Waals surface area contributed by atoms with Gasteiger partial charge in [-0.15, -0.1) is 0 Å². The fourth-order valence-corrected chi connectivity index (χ4v) is 2.13. The van der Waals surface area contributed by atoms with E-state index in [2.05, 4.69) is 24.9 Å². The molecule has 3 N–H and O–H groups in total. The van der Waals surface area contributed by atoms with Crippen LogP contribution in [0.2, 0.25) is 0 Å². The van der Waals surface area contributed by atoms with Crippen molar-refractivity contribution in [2.24, 2.45) is 10.9 Å². The topological polar surface area (TPSA) is 94.1 Å². The summed E-state index contributed by atoms with van der Waals surface area (Å²) < 4.78 is 0. The van der Waals surface area contributed by atoms with Gasteiger partial charge in [-0.2, -0.15) is 4.98 Å². The molecule has 8 heteroatoms. The number of rotatable bonds is 4. The molecule has 0 atom stereocenters. The summed E-state index contributed by atoms with van der Waals surface area (Å²) in [7, 11) is 3.85. The van der Waals surface area contributed by atoms with E-state index in [1.54, 1.807) is 6.20 Å². The standard InChI is InChI=1S/C12H21N7O/c1-17(2)12-14-4-3-11(15-12)19-7-5-18(6-8-19)9-10(13)16-20/h3-4,20H,5-9H2,1-2H3,(H2,13,16). The van der Waals surface area contributed by atoms with Crippen LogP contribution in [0.3, 0.4) is 0 Å². The average molecular weight is 279 g/mol. The number of anilines is 2. The summed E-state index contributed by atoms with van der Waals surface area (Å²) in [4.78, 5) is 15.0. The molecule has 8 nitrogen and oxygen atoms in total. The third-order valence-electron chi connectivity index (χ3n) is 3.24. The zero-order valence-corrected chi connectivity index (χ0v) is 11.9. The first-order chi connectivity index (χ1) is 9.60. The second kappa shape index (κ2) is 6.38. The molecular weight excluding hydrogens is 258 g/mol. The lowest BCUT2D eigenvalue weighted by Crippen LogP contribution is -2.49. The minimum absolute atomic E-state index is 0.246. The molecule has 0 unspecified atom stereocenters. The van der Waals surface area contributed by atoms with Gasteiger partial charge in [0.25, 0.3) is 0 Å². The smallest absolute Gasteiger partial charge is 0.226 e. The maximum atomic E-state index is 8.58. The molecule has 1 aliphatic rings. The van der Waals surface area contributed by atoms with Crippen molar-refractivity contribution in [2.45, 2.75) is 0 Å². The highest BCUT2D eigenvalue weighted by molar-refractivity contribution is 5.81. The van der Waals surface area contributed by atoms with Gasteiger partial charge in [-0.05, 0) is 6.07 Å². The molecule has 0 radical (unpaired) electrons. The van der Waals surface area contributed by atoms with Crippen molar-refractivity contribution in [1.82, 2.24) is 14.9 Å². The Kier molecular flexibility index (Phi) is 4.57. The molecule has 1 aliphatic heterocycles. The van der Waals surface area contributed by atoms with Crippen molar-refractivity contribution >= 4 is 17.6 Å². The fourth-order valence-electron chi connectivity index (χ4n) is 2.13. The highest BCUT2D eigenvalue weighted by atomic mass is 16.4. The largest absolute Gasteiger partial charge is 0.409 e. The van der Waals surface area contributed by atoms with Gasteiger partial charge >= 0.3 is 0 Å². The van der Waals surface area contributed by atoms with Crippen molar-refractivity contribution in [3.05, 3.63) is 12.3 Å². The lowest BCUT2D eigenvalue weighted by molar-refractivity contribution is 0.278. The summed E-state index contributed by atoms with van der Waals surface area (Å²) in [6.07, 6.45) is 1.78. The molecule has 20 heavy (non-hydrogen) atoms.